The molecule has 0 radical (unpaired) electrons. The van der Waals surface area contributed by atoms with Gasteiger partial charge in [-0.2, -0.15) is 0 Å². The highest BCUT2D eigenvalue weighted by Gasteiger charge is 2.16. The van der Waals surface area contributed by atoms with E-state index in [1.807, 2.05) is 0 Å². The van der Waals surface area contributed by atoms with Gasteiger partial charge in [0.15, 0.2) is 6.29 Å². The van der Waals surface area contributed by atoms with Crippen LogP contribution in [0, 0.1) is 5.92 Å². The second-order valence-corrected chi connectivity index (χ2v) is 4.28. The number of hydrogen-bond acceptors (Lipinski definition) is 2. The first kappa shape index (κ1) is 14.9. The summed E-state index contributed by atoms with van der Waals surface area (Å²) in [6.07, 6.45) is 7.39. The van der Waals surface area contributed by atoms with E-state index in [2.05, 4.69) is 20.8 Å². The van der Waals surface area contributed by atoms with Crippen LogP contribution in [0.15, 0.2) is 0 Å². The van der Waals surface area contributed by atoms with Gasteiger partial charge in [-0.3, -0.25) is 0 Å². The Labute approximate surface area is 95.0 Å². The van der Waals surface area contributed by atoms with Crippen LogP contribution in [0.2, 0.25) is 0 Å². The Morgan fingerprint density at radius 1 is 1.00 bits per heavy atom. The summed E-state index contributed by atoms with van der Waals surface area (Å²) in [4.78, 5) is 0. The first-order chi connectivity index (χ1) is 7.26. The van der Waals surface area contributed by atoms with E-state index in [0.717, 1.165) is 19.3 Å². The molecule has 1 N–H and O–H groups in total. The van der Waals surface area contributed by atoms with E-state index in [1.54, 1.807) is 0 Å². The summed E-state index contributed by atoms with van der Waals surface area (Å²) in [5.41, 5.74) is 0. The molecule has 0 spiro atoms. The van der Waals surface area contributed by atoms with Crippen molar-refractivity contribution in [2.75, 3.05) is 6.61 Å². The van der Waals surface area contributed by atoms with Crippen LogP contribution in [0.25, 0.3) is 0 Å². The molecule has 0 aliphatic carbocycles. The monoisotopic (exact) mass is 216 g/mol. The van der Waals surface area contributed by atoms with Crippen molar-refractivity contribution < 1.29 is 9.84 Å². The average molecular weight is 216 g/mol. The molecule has 0 aliphatic rings. The van der Waals surface area contributed by atoms with Crippen molar-refractivity contribution >= 4 is 0 Å². The predicted molar refractivity (Wildman–Crippen MR) is 64.8 cm³/mol. The van der Waals surface area contributed by atoms with Gasteiger partial charge in [0.1, 0.15) is 0 Å². The smallest absolute Gasteiger partial charge is 0.157 e. The van der Waals surface area contributed by atoms with Crippen LogP contribution in [0.4, 0.5) is 0 Å². The lowest BCUT2D eigenvalue weighted by molar-refractivity contribution is -0.137. The van der Waals surface area contributed by atoms with Gasteiger partial charge in [0.2, 0.25) is 0 Å². The van der Waals surface area contributed by atoms with Gasteiger partial charge in [0, 0.05) is 12.5 Å². The third-order valence-electron chi connectivity index (χ3n) is 2.89. The van der Waals surface area contributed by atoms with Gasteiger partial charge in [-0.05, 0) is 19.3 Å². The van der Waals surface area contributed by atoms with E-state index in [-0.39, 0.29) is 0 Å². The average Bonchev–Trinajstić information content (AvgIpc) is 2.25. The molecule has 0 saturated carbocycles. The van der Waals surface area contributed by atoms with Gasteiger partial charge in [0.25, 0.3) is 0 Å². The molecule has 92 valence electrons. The fraction of sp³-hybridized carbons (Fsp3) is 1.00. The molecule has 2 heteroatoms. The highest BCUT2D eigenvalue weighted by molar-refractivity contribution is 4.60. The highest BCUT2D eigenvalue weighted by atomic mass is 16.6. The number of unbranched alkanes of at least 4 members (excludes halogenated alkanes) is 3. The van der Waals surface area contributed by atoms with Crippen LogP contribution in [0.3, 0.4) is 0 Å². The summed E-state index contributed by atoms with van der Waals surface area (Å²) >= 11 is 0. The van der Waals surface area contributed by atoms with Gasteiger partial charge in [-0.25, -0.2) is 0 Å². The summed E-state index contributed by atoms with van der Waals surface area (Å²) < 4.78 is 5.45. The molecule has 15 heavy (non-hydrogen) atoms. The summed E-state index contributed by atoms with van der Waals surface area (Å²) in [7, 11) is 0. The van der Waals surface area contributed by atoms with Crippen molar-refractivity contribution in [2.45, 2.75) is 72.0 Å². The van der Waals surface area contributed by atoms with Gasteiger partial charge >= 0.3 is 0 Å². The van der Waals surface area contributed by atoms with E-state index >= 15 is 0 Å². The van der Waals surface area contributed by atoms with Crippen LogP contribution in [0.1, 0.15) is 65.7 Å². The largest absolute Gasteiger partial charge is 0.368 e. The van der Waals surface area contributed by atoms with Crippen molar-refractivity contribution in [1.29, 1.82) is 0 Å². The molecular weight excluding hydrogens is 188 g/mol. The summed E-state index contributed by atoms with van der Waals surface area (Å²) in [6.45, 7) is 7.18. The second-order valence-electron chi connectivity index (χ2n) is 4.28. The topological polar surface area (TPSA) is 29.5 Å². The Balaban J connectivity index is 3.58. The van der Waals surface area contributed by atoms with E-state index in [0.29, 0.717) is 12.5 Å². The molecule has 2 nitrogen and oxygen atoms in total. The molecule has 0 aromatic rings. The Hall–Kier alpha value is -0.0800. The Bertz CT molecular complexity index is 126. The van der Waals surface area contributed by atoms with Crippen molar-refractivity contribution in [3.8, 4) is 0 Å². The lowest BCUT2D eigenvalue weighted by atomic mass is 9.99. The minimum Gasteiger partial charge on any atom is -0.368 e. The molecule has 0 saturated heterocycles. The lowest BCUT2D eigenvalue weighted by Gasteiger charge is -2.21. The standard InChI is InChI=1S/C13H28O2/c1-4-7-9-11-15-13(14)12(6-3)10-8-5-2/h12-14H,4-11H2,1-3H3. The quantitative estimate of drug-likeness (QED) is 0.445. The molecule has 0 fully saturated rings. The maximum absolute atomic E-state index is 9.81. The van der Waals surface area contributed by atoms with Crippen molar-refractivity contribution in [2.24, 2.45) is 5.92 Å². The molecule has 2 atom stereocenters. The van der Waals surface area contributed by atoms with Crippen molar-refractivity contribution in [1.82, 2.24) is 0 Å². The van der Waals surface area contributed by atoms with Crippen LogP contribution < -0.4 is 0 Å². The minimum atomic E-state index is -0.543. The second kappa shape index (κ2) is 10.4. The molecule has 0 heterocycles. The highest BCUT2D eigenvalue weighted by Crippen LogP contribution is 2.18. The zero-order valence-electron chi connectivity index (χ0n) is 10.7. The molecule has 0 aromatic heterocycles. The zero-order valence-corrected chi connectivity index (χ0v) is 10.7. The number of aliphatic hydroxyl groups excluding tert-OH is 1. The van der Waals surface area contributed by atoms with Crippen LogP contribution in [0.5, 0.6) is 0 Å². The lowest BCUT2D eigenvalue weighted by Crippen LogP contribution is -2.23. The fourth-order valence-corrected chi connectivity index (χ4v) is 1.71. The van der Waals surface area contributed by atoms with Gasteiger partial charge in [0.05, 0.1) is 0 Å². The first-order valence-corrected chi connectivity index (χ1v) is 6.55. The van der Waals surface area contributed by atoms with Gasteiger partial charge in [-0.15, -0.1) is 0 Å². The number of rotatable bonds is 10. The van der Waals surface area contributed by atoms with Crippen LogP contribution >= 0.6 is 0 Å². The number of ether oxygens (including phenoxy) is 1. The summed E-state index contributed by atoms with van der Waals surface area (Å²) in [5, 5.41) is 9.81. The maximum atomic E-state index is 9.81. The van der Waals surface area contributed by atoms with E-state index in [9.17, 15) is 5.11 Å². The minimum absolute atomic E-state index is 0.326. The van der Waals surface area contributed by atoms with Crippen LogP contribution in [-0.4, -0.2) is 18.0 Å². The molecular formula is C13H28O2. The maximum Gasteiger partial charge on any atom is 0.157 e. The third kappa shape index (κ3) is 7.80. The molecule has 0 aromatic carbocycles. The van der Waals surface area contributed by atoms with Crippen molar-refractivity contribution in [3.63, 3.8) is 0 Å². The summed E-state index contributed by atoms with van der Waals surface area (Å²) in [6, 6.07) is 0. The first-order valence-electron chi connectivity index (χ1n) is 6.55. The van der Waals surface area contributed by atoms with Gasteiger partial charge in [-0.1, -0.05) is 46.5 Å². The normalized spacial score (nSPS) is 15.2. The molecule has 0 aliphatic heterocycles. The number of aliphatic hydroxyl groups is 1. The Kier molecular flexibility index (Phi) is 10.4. The van der Waals surface area contributed by atoms with Crippen LogP contribution in [-0.2, 0) is 4.74 Å². The molecule has 0 rings (SSSR count). The Morgan fingerprint density at radius 2 is 1.67 bits per heavy atom. The SMILES string of the molecule is CCCCCOC(O)C(CC)CCCC. The molecule has 0 bridgehead atoms. The van der Waals surface area contributed by atoms with Gasteiger partial charge < -0.3 is 9.84 Å². The molecule has 0 amide bonds. The van der Waals surface area contributed by atoms with E-state index < -0.39 is 6.29 Å². The summed E-state index contributed by atoms with van der Waals surface area (Å²) in [5.74, 6) is 0.326. The van der Waals surface area contributed by atoms with E-state index in [4.69, 9.17) is 4.74 Å². The fourth-order valence-electron chi connectivity index (χ4n) is 1.71. The Morgan fingerprint density at radius 3 is 2.20 bits per heavy atom. The third-order valence-corrected chi connectivity index (χ3v) is 2.89. The number of hydrogen-bond donors (Lipinski definition) is 1. The predicted octanol–water partition coefficient (Wildman–Crippen LogP) is 3.73. The zero-order chi connectivity index (χ0) is 11.5. The molecule has 2 unspecified atom stereocenters. The van der Waals surface area contributed by atoms with E-state index in [1.165, 1.54) is 25.7 Å². The van der Waals surface area contributed by atoms with Crippen molar-refractivity contribution in [3.05, 3.63) is 0 Å².